The quantitative estimate of drug-likeness (QED) is 0.623. The van der Waals surface area contributed by atoms with Crippen molar-refractivity contribution < 1.29 is 14.3 Å². The third-order valence-corrected chi connectivity index (χ3v) is 9.49. The second kappa shape index (κ2) is 7.07. The highest BCUT2D eigenvalue weighted by atomic mass is 32.1. The molecule has 7 rings (SSSR count). The Morgan fingerprint density at radius 2 is 1.87 bits per heavy atom. The van der Waals surface area contributed by atoms with Gasteiger partial charge in [-0.05, 0) is 73.5 Å². The molecule has 5 aliphatic rings. The Morgan fingerprint density at radius 1 is 1.13 bits per heavy atom. The lowest BCUT2D eigenvalue weighted by atomic mass is 9.67. The Kier molecular flexibility index (Phi) is 4.40. The van der Waals surface area contributed by atoms with E-state index in [4.69, 9.17) is 10.5 Å². The minimum Gasteiger partial charge on any atom is -0.376 e. The van der Waals surface area contributed by atoms with E-state index in [0.29, 0.717) is 36.9 Å². The van der Waals surface area contributed by atoms with E-state index in [1.165, 1.54) is 9.75 Å². The van der Waals surface area contributed by atoms with E-state index >= 15 is 0 Å². The number of rotatable bonds is 5. The summed E-state index contributed by atoms with van der Waals surface area (Å²) < 4.78 is 5.71. The number of hydrogen-bond donors (Lipinski definition) is 3. The third-order valence-electron chi connectivity index (χ3n) is 8.19. The Labute approximate surface area is 185 Å². The Bertz CT molecular complexity index is 1030. The lowest BCUT2D eigenvalue weighted by molar-refractivity contribution is -0.129. The number of thiophene rings is 1. The van der Waals surface area contributed by atoms with Gasteiger partial charge in [0.15, 0.2) is 0 Å². The standard InChI is InChI=1S/C24H27N3O3S/c25-23(29)24-10-13-8-15(24)9-14(11-24)19(13)21-20(17-6-7-30-12-18(17)31-21)22(28)27-26-16-4-2-1-3-5-16/h1-5,13-15,19,26H,6-12H2,(H2,25,29)(H,27,28). The molecule has 2 unspecified atom stereocenters. The van der Waals surface area contributed by atoms with Crippen molar-refractivity contribution in [1.29, 1.82) is 0 Å². The molecular weight excluding hydrogens is 410 g/mol. The van der Waals surface area contributed by atoms with E-state index in [1.54, 1.807) is 11.3 Å². The van der Waals surface area contributed by atoms with E-state index in [2.05, 4.69) is 10.9 Å². The van der Waals surface area contributed by atoms with Crippen molar-refractivity contribution in [3.63, 3.8) is 0 Å². The summed E-state index contributed by atoms with van der Waals surface area (Å²) in [5.74, 6) is 1.49. The lowest BCUT2D eigenvalue weighted by Gasteiger charge is -2.37. The minimum atomic E-state index is -0.289. The number of amides is 2. The van der Waals surface area contributed by atoms with Crippen molar-refractivity contribution >= 4 is 28.8 Å². The maximum atomic E-state index is 13.4. The second-order valence-electron chi connectivity index (χ2n) is 9.63. The highest BCUT2D eigenvalue weighted by Crippen LogP contribution is 2.70. The van der Waals surface area contributed by atoms with Crippen molar-refractivity contribution in [2.24, 2.45) is 28.9 Å². The molecule has 6 nitrogen and oxygen atoms in total. The van der Waals surface area contributed by atoms with E-state index in [1.807, 2.05) is 30.3 Å². The predicted octanol–water partition coefficient (Wildman–Crippen LogP) is 3.58. The molecule has 7 heteroatoms. The number of para-hydroxylation sites is 1. The second-order valence-corrected chi connectivity index (χ2v) is 10.8. The highest BCUT2D eigenvalue weighted by molar-refractivity contribution is 7.12. The molecule has 4 aliphatic carbocycles. The summed E-state index contributed by atoms with van der Waals surface area (Å²) in [5, 5.41) is 0. The zero-order chi connectivity index (χ0) is 21.2. The molecule has 4 bridgehead atoms. The summed E-state index contributed by atoms with van der Waals surface area (Å²) in [5.41, 5.74) is 14.4. The van der Waals surface area contributed by atoms with Crippen LogP contribution >= 0.6 is 11.3 Å². The number of anilines is 1. The van der Waals surface area contributed by atoms with Gasteiger partial charge in [0.2, 0.25) is 5.91 Å². The van der Waals surface area contributed by atoms with Crippen LogP contribution in [0.25, 0.3) is 0 Å². The maximum Gasteiger partial charge on any atom is 0.271 e. The number of primary amides is 1. The molecule has 1 aliphatic heterocycles. The van der Waals surface area contributed by atoms with Gasteiger partial charge in [-0.3, -0.25) is 20.4 Å². The predicted molar refractivity (Wildman–Crippen MR) is 119 cm³/mol. The van der Waals surface area contributed by atoms with E-state index in [-0.39, 0.29) is 17.2 Å². The van der Waals surface area contributed by atoms with Crippen LogP contribution in [0.3, 0.4) is 0 Å². The van der Waals surface area contributed by atoms with Gasteiger partial charge < -0.3 is 10.5 Å². The largest absolute Gasteiger partial charge is 0.376 e. The molecule has 4 N–H and O–H groups in total. The fourth-order valence-electron chi connectivity index (χ4n) is 7.01. The first-order valence-corrected chi connectivity index (χ1v) is 12.0. The van der Waals surface area contributed by atoms with Gasteiger partial charge in [-0.15, -0.1) is 11.3 Å². The number of hydrazine groups is 1. The van der Waals surface area contributed by atoms with Crippen LogP contribution in [0.2, 0.25) is 0 Å². The van der Waals surface area contributed by atoms with Crippen molar-refractivity contribution in [3.05, 3.63) is 51.2 Å². The molecular formula is C24H27N3O3S. The van der Waals surface area contributed by atoms with E-state index in [9.17, 15) is 9.59 Å². The number of carbonyl (C=O) groups excluding carboxylic acids is 2. The van der Waals surface area contributed by atoms with Gasteiger partial charge in [-0.25, -0.2) is 0 Å². The zero-order valence-corrected chi connectivity index (χ0v) is 18.2. The number of ether oxygens (including phenoxy) is 1. The molecule has 1 aromatic heterocycles. The topological polar surface area (TPSA) is 93.5 Å². The number of fused-ring (bicyclic) bond motifs is 1. The van der Waals surface area contributed by atoms with Crippen LogP contribution in [-0.4, -0.2) is 18.4 Å². The molecule has 0 radical (unpaired) electrons. The number of nitrogens with two attached hydrogens (primary N) is 1. The van der Waals surface area contributed by atoms with Crippen LogP contribution in [0.4, 0.5) is 5.69 Å². The first-order valence-electron chi connectivity index (χ1n) is 11.2. The smallest absolute Gasteiger partial charge is 0.271 e. The number of benzene rings is 1. The average molecular weight is 438 g/mol. The number of carbonyl (C=O) groups is 2. The fraction of sp³-hybridized carbons (Fsp3) is 0.500. The SMILES string of the molecule is NC(=O)C12CC3CC1CC(C2)C3c1sc2c(c1C(=O)NNc1ccccc1)CCOC2. The van der Waals surface area contributed by atoms with Crippen LogP contribution in [0, 0.1) is 23.2 Å². The molecule has 31 heavy (non-hydrogen) atoms. The average Bonchev–Trinajstić information content (AvgIpc) is 3.39. The summed E-state index contributed by atoms with van der Waals surface area (Å²) in [6, 6.07) is 9.67. The molecule has 4 saturated carbocycles. The van der Waals surface area contributed by atoms with Crippen LogP contribution in [0.15, 0.2) is 30.3 Å². The Hall–Kier alpha value is -2.38. The fourth-order valence-corrected chi connectivity index (χ4v) is 8.58. The third kappa shape index (κ3) is 2.86. The Balaban J connectivity index is 1.34. The monoisotopic (exact) mass is 437 g/mol. The van der Waals surface area contributed by atoms with Crippen molar-refractivity contribution in [3.8, 4) is 0 Å². The van der Waals surface area contributed by atoms with Crippen molar-refractivity contribution in [1.82, 2.24) is 5.43 Å². The van der Waals surface area contributed by atoms with E-state index < -0.39 is 0 Å². The molecule has 2 amide bonds. The maximum absolute atomic E-state index is 13.4. The molecule has 0 saturated heterocycles. The summed E-state index contributed by atoms with van der Waals surface area (Å²) in [4.78, 5) is 28.1. The molecule has 4 fully saturated rings. The molecule has 2 atom stereocenters. The van der Waals surface area contributed by atoms with Gasteiger partial charge in [0.1, 0.15) is 0 Å². The lowest BCUT2D eigenvalue weighted by Crippen LogP contribution is -2.39. The first kappa shape index (κ1) is 19.3. The van der Waals surface area contributed by atoms with Crippen molar-refractivity contribution in [2.75, 3.05) is 12.0 Å². The number of nitrogens with one attached hydrogen (secondary N) is 2. The van der Waals surface area contributed by atoms with Gasteiger partial charge in [0.25, 0.3) is 5.91 Å². The molecule has 0 spiro atoms. The number of hydrogen-bond acceptors (Lipinski definition) is 5. The summed E-state index contributed by atoms with van der Waals surface area (Å²) in [7, 11) is 0. The van der Waals surface area contributed by atoms with Crippen LogP contribution in [-0.2, 0) is 22.6 Å². The summed E-state index contributed by atoms with van der Waals surface area (Å²) in [6.07, 6.45) is 4.67. The molecule has 2 heterocycles. The van der Waals surface area contributed by atoms with Gasteiger partial charge in [0, 0.05) is 9.75 Å². The molecule has 1 aromatic carbocycles. The molecule has 2 aromatic rings. The van der Waals surface area contributed by atoms with E-state index in [0.717, 1.165) is 48.9 Å². The van der Waals surface area contributed by atoms with Crippen LogP contribution in [0.5, 0.6) is 0 Å². The summed E-state index contributed by atoms with van der Waals surface area (Å²) in [6.45, 7) is 1.24. The highest BCUT2D eigenvalue weighted by Gasteiger charge is 2.65. The Morgan fingerprint density at radius 3 is 2.55 bits per heavy atom. The summed E-state index contributed by atoms with van der Waals surface area (Å²) >= 11 is 1.76. The van der Waals surface area contributed by atoms with Gasteiger partial charge in [-0.1, -0.05) is 18.2 Å². The van der Waals surface area contributed by atoms with Crippen LogP contribution in [0.1, 0.15) is 57.3 Å². The van der Waals surface area contributed by atoms with Gasteiger partial charge in [0.05, 0.1) is 29.9 Å². The van der Waals surface area contributed by atoms with Gasteiger partial charge in [-0.2, -0.15) is 0 Å². The first-order chi connectivity index (χ1) is 15.1. The van der Waals surface area contributed by atoms with Gasteiger partial charge >= 0.3 is 0 Å². The van der Waals surface area contributed by atoms with Crippen molar-refractivity contribution in [2.45, 2.75) is 44.6 Å². The van der Waals surface area contributed by atoms with Crippen LogP contribution < -0.4 is 16.6 Å². The minimum absolute atomic E-state index is 0.0705. The normalized spacial score (nSPS) is 32.6. The molecule has 162 valence electrons. The zero-order valence-electron chi connectivity index (χ0n) is 17.4.